The van der Waals surface area contributed by atoms with E-state index in [1.165, 1.54) is 16.4 Å². The Bertz CT molecular complexity index is 837. The summed E-state index contributed by atoms with van der Waals surface area (Å²) in [5.74, 6) is 0.122. The van der Waals surface area contributed by atoms with Crippen molar-refractivity contribution in [2.24, 2.45) is 5.92 Å². The van der Waals surface area contributed by atoms with Crippen LogP contribution in [-0.2, 0) is 22.6 Å². The fourth-order valence-corrected chi connectivity index (χ4v) is 4.46. The molecule has 2 aromatic carbocycles. The summed E-state index contributed by atoms with van der Waals surface area (Å²) in [5.41, 5.74) is 1.10. The molecule has 0 radical (unpaired) electrons. The van der Waals surface area contributed by atoms with E-state index in [2.05, 4.69) is 0 Å². The van der Waals surface area contributed by atoms with Gasteiger partial charge in [0.15, 0.2) is 0 Å². The summed E-state index contributed by atoms with van der Waals surface area (Å²) >= 11 is 0. The number of sulfonamides is 1. The van der Waals surface area contributed by atoms with Gasteiger partial charge in [-0.05, 0) is 49.1 Å². The van der Waals surface area contributed by atoms with Crippen LogP contribution >= 0.6 is 0 Å². The van der Waals surface area contributed by atoms with Gasteiger partial charge >= 0.3 is 6.18 Å². The first-order valence-corrected chi connectivity index (χ1v) is 9.33. The minimum atomic E-state index is -4.34. The van der Waals surface area contributed by atoms with Crippen molar-refractivity contribution in [2.75, 3.05) is 13.1 Å². The lowest BCUT2D eigenvalue weighted by Gasteiger charge is -2.38. The Morgan fingerprint density at radius 2 is 1.56 bits per heavy atom. The highest BCUT2D eigenvalue weighted by Gasteiger charge is 2.36. The molecule has 2 aromatic rings. The Balaban J connectivity index is 1.60. The second-order valence-electron chi connectivity index (χ2n) is 6.40. The smallest absolute Gasteiger partial charge is 0.207 e. The number of benzene rings is 2. The number of halogens is 3. The maximum absolute atomic E-state index is 12.6. The predicted octanol–water partition coefficient (Wildman–Crippen LogP) is 3.88. The number of aryl methyl sites for hydroxylation is 1. The lowest BCUT2D eigenvalue weighted by Crippen LogP contribution is -2.50. The summed E-state index contributed by atoms with van der Waals surface area (Å²) in [6, 6.07) is 11.7. The largest absolute Gasteiger partial charge is 0.416 e. The Morgan fingerprint density at radius 1 is 1.00 bits per heavy atom. The van der Waals surface area contributed by atoms with Crippen LogP contribution < -0.4 is 0 Å². The molecule has 1 heterocycles. The van der Waals surface area contributed by atoms with E-state index >= 15 is 0 Å². The standard InChI is InChI=1S/C18H18F3NO2S/c1-13-2-8-17(9-3-13)25(23,24)22-11-15(12-22)10-14-4-6-16(7-5-14)18(19,20)21/h2-9,15H,10-12H2,1H3. The number of hydrogen-bond acceptors (Lipinski definition) is 2. The van der Waals surface area contributed by atoms with Gasteiger partial charge in [0.2, 0.25) is 10.0 Å². The summed E-state index contributed by atoms with van der Waals surface area (Å²) in [4.78, 5) is 0.270. The van der Waals surface area contributed by atoms with Gasteiger partial charge in [0.1, 0.15) is 0 Å². The molecule has 1 aliphatic rings. The van der Waals surface area contributed by atoms with E-state index < -0.39 is 21.8 Å². The molecule has 3 nitrogen and oxygen atoms in total. The highest BCUT2D eigenvalue weighted by molar-refractivity contribution is 7.89. The van der Waals surface area contributed by atoms with Crippen molar-refractivity contribution in [3.63, 3.8) is 0 Å². The zero-order valence-corrected chi connectivity index (χ0v) is 14.4. The molecule has 0 saturated carbocycles. The molecule has 0 atom stereocenters. The number of rotatable bonds is 4. The van der Waals surface area contributed by atoms with E-state index in [4.69, 9.17) is 0 Å². The number of hydrogen-bond donors (Lipinski definition) is 0. The van der Waals surface area contributed by atoms with Crippen LogP contribution in [0, 0.1) is 12.8 Å². The fraction of sp³-hybridized carbons (Fsp3) is 0.333. The van der Waals surface area contributed by atoms with Crippen LogP contribution in [0.3, 0.4) is 0 Å². The van der Waals surface area contributed by atoms with Gasteiger partial charge in [0.25, 0.3) is 0 Å². The van der Waals surface area contributed by atoms with Crippen molar-refractivity contribution < 1.29 is 21.6 Å². The molecule has 25 heavy (non-hydrogen) atoms. The first kappa shape index (κ1) is 17.9. The molecule has 0 amide bonds. The maximum Gasteiger partial charge on any atom is 0.416 e. The maximum atomic E-state index is 12.6. The summed E-state index contributed by atoms with van der Waals surface area (Å²) in [6.07, 6.45) is -3.77. The highest BCUT2D eigenvalue weighted by Crippen LogP contribution is 2.31. The van der Waals surface area contributed by atoms with Crippen molar-refractivity contribution in [1.29, 1.82) is 0 Å². The monoisotopic (exact) mass is 369 g/mol. The van der Waals surface area contributed by atoms with E-state index in [1.807, 2.05) is 6.92 Å². The molecule has 0 N–H and O–H groups in total. The van der Waals surface area contributed by atoms with Gasteiger partial charge in [-0.25, -0.2) is 8.42 Å². The Labute approximate surface area is 145 Å². The molecule has 0 spiro atoms. The first-order chi connectivity index (χ1) is 11.7. The third kappa shape index (κ3) is 3.88. The van der Waals surface area contributed by atoms with Gasteiger partial charge in [-0.1, -0.05) is 29.8 Å². The molecule has 0 bridgehead atoms. The summed E-state index contributed by atoms with van der Waals surface area (Å²) in [6.45, 7) is 2.66. The van der Waals surface area contributed by atoms with Crippen molar-refractivity contribution in [1.82, 2.24) is 4.31 Å². The zero-order valence-electron chi connectivity index (χ0n) is 13.6. The number of nitrogens with zero attached hydrogens (tertiary/aromatic N) is 1. The SMILES string of the molecule is Cc1ccc(S(=O)(=O)N2CC(Cc3ccc(C(F)(F)F)cc3)C2)cc1. The van der Waals surface area contributed by atoms with Crippen LogP contribution in [0.15, 0.2) is 53.4 Å². The number of alkyl halides is 3. The molecule has 134 valence electrons. The summed E-state index contributed by atoms with van der Waals surface area (Å²) in [7, 11) is -3.49. The molecule has 1 fully saturated rings. The molecule has 0 unspecified atom stereocenters. The molecule has 0 aromatic heterocycles. The van der Waals surface area contributed by atoms with Gasteiger partial charge in [-0.15, -0.1) is 0 Å². The van der Waals surface area contributed by atoms with Crippen LogP contribution in [0.2, 0.25) is 0 Å². The van der Waals surface area contributed by atoms with Crippen molar-refractivity contribution in [3.05, 3.63) is 65.2 Å². The van der Waals surface area contributed by atoms with E-state index in [9.17, 15) is 21.6 Å². The normalized spacial score (nSPS) is 16.6. The molecule has 7 heteroatoms. The van der Waals surface area contributed by atoms with Crippen LogP contribution in [-0.4, -0.2) is 25.8 Å². The average molecular weight is 369 g/mol. The van der Waals surface area contributed by atoms with E-state index in [0.717, 1.165) is 23.3 Å². The highest BCUT2D eigenvalue weighted by atomic mass is 32.2. The van der Waals surface area contributed by atoms with Crippen LogP contribution in [0.5, 0.6) is 0 Å². The quantitative estimate of drug-likeness (QED) is 0.820. The van der Waals surface area contributed by atoms with E-state index in [0.29, 0.717) is 19.5 Å². The van der Waals surface area contributed by atoms with Gasteiger partial charge in [0, 0.05) is 13.1 Å². The predicted molar refractivity (Wildman–Crippen MR) is 88.6 cm³/mol. The van der Waals surface area contributed by atoms with E-state index in [1.54, 1.807) is 24.3 Å². The summed E-state index contributed by atoms with van der Waals surface area (Å²) < 4.78 is 64.0. The fourth-order valence-electron chi connectivity index (χ4n) is 2.87. The van der Waals surface area contributed by atoms with Crippen LogP contribution in [0.4, 0.5) is 13.2 Å². The third-order valence-electron chi connectivity index (χ3n) is 4.39. The molecule has 0 aliphatic carbocycles. The first-order valence-electron chi connectivity index (χ1n) is 7.89. The minimum absolute atomic E-state index is 0.122. The zero-order chi connectivity index (χ0) is 18.2. The second-order valence-corrected chi connectivity index (χ2v) is 8.34. The van der Waals surface area contributed by atoms with Gasteiger partial charge in [-0.2, -0.15) is 17.5 Å². The Morgan fingerprint density at radius 3 is 2.08 bits per heavy atom. The second kappa shape index (κ2) is 6.46. The van der Waals surface area contributed by atoms with Gasteiger partial charge in [0.05, 0.1) is 10.5 Å². The molecular weight excluding hydrogens is 351 g/mol. The Hall–Kier alpha value is -1.86. The third-order valence-corrected chi connectivity index (χ3v) is 6.23. The van der Waals surface area contributed by atoms with Crippen molar-refractivity contribution >= 4 is 10.0 Å². The Kier molecular flexibility index (Phi) is 4.64. The van der Waals surface area contributed by atoms with Gasteiger partial charge < -0.3 is 0 Å². The van der Waals surface area contributed by atoms with Crippen molar-refractivity contribution in [3.8, 4) is 0 Å². The molecule has 1 saturated heterocycles. The minimum Gasteiger partial charge on any atom is -0.207 e. The average Bonchev–Trinajstić information content (AvgIpc) is 2.50. The van der Waals surface area contributed by atoms with Crippen LogP contribution in [0.1, 0.15) is 16.7 Å². The lowest BCUT2D eigenvalue weighted by molar-refractivity contribution is -0.137. The lowest BCUT2D eigenvalue weighted by atomic mass is 9.94. The molecule has 3 rings (SSSR count). The van der Waals surface area contributed by atoms with Crippen molar-refractivity contribution in [2.45, 2.75) is 24.4 Å². The van der Waals surface area contributed by atoms with E-state index in [-0.39, 0.29) is 10.8 Å². The topological polar surface area (TPSA) is 37.4 Å². The van der Waals surface area contributed by atoms with Crippen LogP contribution in [0.25, 0.3) is 0 Å². The summed E-state index contributed by atoms with van der Waals surface area (Å²) in [5, 5.41) is 0. The van der Waals surface area contributed by atoms with Gasteiger partial charge in [-0.3, -0.25) is 0 Å². The molecular formula is C18H18F3NO2S. The molecule has 1 aliphatic heterocycles.